The highest BCUT2D eigenvalue weighted by molar-refractivity contribution is 6.06. The zero-order valence-corrected chi connectivity index (χ0v) is 9.20. The second kappa shape index (κ2) is 4.62. The molecule has 16 heavy (non-hydrogen) atoms. The summed E-state index contributed by atoms with van der Waals surface area (Å²) in [7, 11) is 0. The smallest absolute Gasteiger partial charge is 0.129 e. The van der Waals surface area contributed by atoms with E-state index < -0.39 is 0 Å². The number of aryl methyl sites for hydroxylation is 1. The van der Waals surface area contributed by atoms with Crippen LogP contribution in [0, 0.1) is 12.3 Å². The molecular formula is C14H14N2. The second-order valence-corrected chi connectivity index (χ2v) is 3.74. The average molecular weight is 210 g/mol. The van der Waals surface area contributed by atoms with Crippen molar-refractivity contribution in [2.45, 2.75) is 6.92 Å². The van der Waals surface area contributed by atoms with Gasteiger partial charge in [-0.2, -0.15) is 0 Å². The maximum Gasteiger partial charge on any atom is 0.129 e. The Hall–Kier alpha value is -2.09. The zero-order chi connectivity index (χ0) is 11.4. The molecule has 0 aliphatic rings. The first-order valence-corrected chi connectivity index (χ1v) is 5.23. The molecule has 2 aromatic carbocycles. The van der Waals surface area contributed by atoms with Gasteiger partial charge in [0.25, 0.3) is 0 Å². The molecule has 2 nitrogen and oxygen atoms in total. The van der Waals surface area contributed by atoms with Crippen molar-refractivity contribution < 1.29 is 0 Å². The van der Waals surface area contributed by atoms with E-state index in [0.29, 0.717) is 5.84 Å². The van der Waals surface area contributed by atoms with Crippen LogP contribution >= 0.6 is 0 Å². The molecule has 0 atom stereocenters. The molecule has 0 radical (unpaired) electrons. The molecule has 0 aromatic heterocycles. The molecule has 0 spiro atoms. The number of benzene rings is 2. The van der Waals surface area contributed by atoms with Crippen molar-refractivity contribution in [3.05, 3.63) is 65.7 Å². The fourth-order valence-electron chi connectivity index (χ4n) is 1.54. The summed E-state index contributed by atoms with van der Waals surface area (Å²) in [5.74, 6) is 0.426. The summed E-state index contributed by atoms with van der Waals surface area (Å²) < 4.78 is 0. The van der Waals surface area contributed by atoms with Crippen LogP contribution in [0.3, 0.4) is 0 Å². The lowest BCUT2D eigenvalue weighted by Crippen LogP contribution is -2.11. The lowest BCUT2D eigenvalue weighted by atomic mass is 10.1. The number of rotatable bonds is 2. The van der Waals surface area contributed by atoms with Crippen LogP contribution in [0.1, 0.15) is 11.1 Å². The number of para-hydroxylation sites is 1. The van der Waals surface area contributed by atoms with Crippen molar-refractivity contribution in [2.24, 2.45) is 0 Å². The molecule has 2 rings (SSSR count). The Morgan fingerprint density at radius 1 is 1.00 bits per heavy atom. The van der Waals surface area contributed by atoms with Crippen LogP contribution in [-0.2, 0) is 0 Å². The van der Waals surface area contributed by atoms with E-state index in [1.54, 1.807) is 0 Å². The van der Waals surface area contributed by atoms with Crippen molar-refractivity contribution in [3.8, 4) is 0 Å². The third kappa shape index (κ3) is 2.48. The van der Waals surface area contributed by atoms with E-state index in [1.807, 2.05) is 61.5 Å². The predicted octanol–water partition coefficient (Wildman–Crippen LogP) is 3.43. The molecule has 0 heterocycles. The van der Waals surface area contributed by atoms with Crippen LogP contribution in [0.25, 0.3) is 0 Å². The monoisotopic (exact) mass is 210 g/mol. The van der Waals surface area contributed by atoms with Gasteiger partial charge in [-0.05, 0) is 25.1 Å². The van der Waals surface area contributed by atoms with Crippen molar-refractivity contribution in [1.82, 2.24) is 0 Å². The number of nitrogens with one attached hydrogen (secondary N) is 2. The highest BCUT2D eigenvalue weighted by Gasteiger charge is 2.00. The Kier molecular flexibility index (Phi) is 3.01. The van der Waals surface area contributed by atoms with E-state index in [4.69, 9.17) is 5.41 Å². The van der Waals surface area contributed by atoms with Crippen LogP contribution < -0.4 is 5.32 Å². The molecule has 0 saturated carbocycles. The minimum Gasteiger partial charge on any atom is -0.340 e. The zero-order valence-electron chi connectivity index (χ0n) is 9.20. The van der Waals surface area contributed by atoms with E-state index in [1.165, 1.54) is 0 Å². The summed E-state index contributed by atoms with van der Waals surface area (Å²) >= 11 is 0. The first-order chi connectivity index (χ1) is 7.75. The predicted molar refractivity (Wildman–Crippen MR) is 68.1 cm³/mol. The first kappa shape index (κ1) is 10.4. The van der Waals surface area contributed by atoms with E-state index >= 15 is 0 Å². The summed E-state index contributed by atoms with van der Waals surface area (Å²) in [6.07, 6.45) is 0. The van der Waals surface area contributed by atoms with Crippen LogP contribution in [0.2, 0.25) is 0 Å². The fourth-order valence-corrected chi connectivity index (χ4v) is 1.54. The topological polar surface area (TPSA) is 35.9 Å². The molecule has 0 aliphatic heterocycles. The summed E-state index contributed by atoms with van der Waals surface area (Å²) in [6.45, 7) is 2.03. The Labute approximate surface area is 95.5 Å². The lowest BCUT2D eigenvalue weighted by molar-refractivity contribution is 1.40. The summed E-state index contributed by atoms with van der Waals surface area (Å²) in [5, 5.41) is 11.0. The van der Waals surface area contributed by atoms with Gasteiger partial charge >= 0.3 is 0 Å². The van der Waals surface area contributed by atoms with Crippen molar-refractivity contribution in [2.75, 3.05) is 5.32 Å². The largest absolute Gasteiger partial charge is 0.340 e. The van der Waals surface area contributed by atoms with E-state index in [2.05, 4.69) is 5.32 Å². The Balaban J connectivity index is 2.15. The van der Waals surface area contributed by atoms with Crippen LogP contribution in [0.5, 0.6) is 0 Å². The van der Waals surface area contributed by atoms with Gasteiger partial charge in [-0.15, -0.1) is 0 Å². The Morgan fingerprint density at radius 2 is 1.75 bits per heavy atom. The van der Waals surface area contributed by atoms with E-state index in [-0.39, 0.29) is 0 Å². The maximum atomic E-state index is 7.95. The molecule has 0 saturated heterocycles. The van der Waals surface area contributed by atoms with Gasteiger partial charge in [-0.25, -0.2) is 0 Å². The summed E-state index contributed by atoms with van der Waals surface area (Å²) in [5.41, 5.74) is 3.01. The highest BCUT2D eigenvalue weighted by Crippen LogP contribution is 2.09. The number of hydrogen-bond acceptors (Lipinski definition) is 1. The van der Waals surface area contributed by atoms with Gasteiger partial charge < -0.3 is 5.32 Å². The van der Waals surface area contributed by atoms with Gasteiger partial charge in [0.15, 0.2) is 0 Å². The maximum absolute atomic E-state index is 7.95. The standard InChI is InChI=1S/C14H14N2/c1-11-6-5-7-12(10-11)14(15)16-13-8-3-2-4-9-13/h2-10H,1H3,(H2,15,16). The third-order valence-electron chi connectivity index (χ3n) is 2.35. The Bertz CT molecular complexity index is 489. The Morgan fingerprint density at radius 3 is 2.44 bits per heavy atom. The fraction of sp³-hybridized carbons (Fsp3) is 0.0714. The molecule has 0 bridgehead atoms. The molecule has 0 unspecified atom stereocenters. The minimum absolute atomic E-state index is 0.426. The summed E-state index contributed by atoms with van der Waals surface area (Å²) in [4.78, 5) is 0. The third-order valence-corrected chi connectivity index (χ3v) is 2.35. The normalized spacial score (nSPS) is 9.81. The number of anilines is 1. The van der Waals surface area contributed by atoms with Gasteiger partial charge in [0.05, 0.1) is 0 Å². The SMILES string of the molecule is Cc1cccc(C(=N)Nc2ccccc2)c1. The highest BCUT2D eigenvalue weighted by atomic mass is 14.9. The van der Waals surface area contributed by atoms with Crippen molar-refractivity contribution in [1.29, 1.82) is 5.41 Å². The van der Waals surface area contributed by atoms with Crippen LogP contribution in [-0.4, -0.2) is 5.84 Å². The molecule has 0 amide bonds. The van der Waals surface area contributed by atoms with Gasteiger partial charge in [0.2, 0.25) is 0 Å². The molecule has 2 heteroatoms. The first-order valence-electron chi connectivity index (χ1n) is 5.23. The quantitative estimate of drug-likeness (QED) is 0.578. The second-order valence-electron chi connectivity index (χ2n) is 3.74. The molecule has 80 valence electrons. The van der Waals surface area contributed by atoms with Gasteiger partial charge in [0.1, 0.15) is 5.84 Å². The van der Waals surface area contributed by atoms with Crippen molar-refractivity contribution >= 4 is 11.5 Å². The molecule has 0 fully saturated rings. The summed E-state index contributed by atoms with van der Waals surface area (Å²) in [6, 6.07) is 17.7. The van der Waals surface area contributed by atoms with E-state index in [9.17, 15) is 0 Å². The molecule has 2 N–H and O–H groups in total. The number of amidine groups is 1. The van der Waals surface area contributed by atoms with Crippen LogP contribution in [0.15, 0.2) is 54.6 Å². The van der Waals surface area contributed by atoms with Crippen molar-refractivity contribution in [3.63, 3.8) is 0 Å². The molecule has 2 aromatic rings. The van der Waals surface area contributed by atoms with Gasteiger partial charge in [-0.1, -0.05) is 42.0 Å². The molecule has 0 aliphatic carbocycles. The van der Waals surface area contributed by atoms with Crippen LogP contribution in [0.4, 0.5) is 5.69 Å². The van der Waals surface area contributed by atoms with Gasteiger partial charge in [-0.3, -0.25) is 5.41 Å². The van der Waals surface area contributed by atoms with E-state index in [0.717, 1.165) is 16.8 Å². The lowest BCUT2D eigenvalue weighted by Gasteiger charge is -2.08. The number of hydrogen-bond donors (Lipinski definition) is 2. The molecular weight excluding hydrogens is 196 g/mol. The average Bonchev–Trinajstić information content (AvgIpc) is 2.30. The minimum atomic E-state index is 0.426. The van der Waals surface area contributed by atoms with Gasteiger partial charge in [0, 0.05) is 11.3 Å².